The number of halogens is 2. The smallest absolute Gasteiger partial charge is 0.303 e. The van der Waals surface area contributed by atoms with E-state index in [4.69, 9.17) is 9.84 Å². The predicted molar refractivity (Wildman–Crippen MR) is 148 cm³/mol. The maximum Gasteiger partial charge on any atom is 0.303 e. The quantitative estimate of drug-likeness (QED) is 0.188. The van der Waals surface area contributed by atoms with Crippen molar-refractivity contribution >= 4 is 24.4 Å². The number of aliphatic imine (C=N–C) groups is 1. The molecular weight excluding hydrogens is 480 g/mol. The fourth-order valence-electron chi connectivity index (χ4n) is 3.51. The molecule has 1 aromatic rings. The Hall–Kier alpha value is -2.67. The third kappa shape index (κ3) is 10.5. The Balaban J connectivity index is 2.94. The summed E-state index contributed by atoms with van der Waals surface area (Å²) in [4.78, 5) is 16.1. The molecule has 1 unspecified atom stereocenters. The van der Waals surface area contributed by atoms with Gasteiger partial charge in [0.1, 0.15) is 5.75 Å². The van der Waals surface area contributed by atoms with Gasteiger partial charge in [-0.3, -0.25) is 9.79 Å². The molecule has 0 aromatic heterocycles. The maximum atomic E-state index is 13.6. The number of rotatable bonds is 15. The lowest BCUT2D eigenvalue weighted by Gasteiger charge is -2.21. The molecule has 0 bridgehead atoms. The molecule has 7 heteroatoms. The van der Waals surface area contributed by atoms with Crippen molar-refractivity contribution in [2.45, 2.75) is 60.3 Å². The van der Waals surface area contributed by atoms with Crippen LogP contribution >= 0.6 is 11.8 Å². The van der Waals surface area contributed by atoms with Crippen LogP contribution in [0.2, 0.25) is 0 Å². The van der Waals surface area contributed by atoms with Gasteiger partial charge in [0.25, 0.3) is 5.92 Å². The van der Waals surface area contributed by atoms with E-state index in [0.29, 0.717) is 30.1 Å². The van der Waals surface area contributed by atoms with Gasteiger partial charge in [0.2, 0.25) is 0 Å². The number of carboxylic acids is 1. The summed E-state index contributed by atoms with van der Waals surface area (Å²) in [5, 5.41) is 8.91. The van der Waals surface area contributed by atoms with Crippen LogP contribution in [0.4, 0.5) is 8.78 Å². The highest BCUT2D eigenvalue weighted by Crippen LogP contribution is 2.34. The van der Waals surface area contributed by atoms with Gasteiger partial charge in [-0.1, -0.05) is 51.6 Å². The number of alkyl halides is 2. The zero-order valence-corrected chi connectivity index (χ0v) is 23.1. The highest BCUT2D eigenvalue weighted by molar-refractivity contribution is 8.03. The van der Waals surface area contributed by atoms with Crippen LogP contribution in [0.5, 0.6) is 5.75 Å². The second kappa shape index (κ2) is 14.8. The second-order valence-electron chi connectivity index (χ2n) is 9.17. The molecule has 198 valence electrons. The Morgan fingerprint density at radius 1 is 1.28 bits per heavy atom. The Morgan fingerprint density at radius 2 is 1.94 bits per heavy atom. The number of carboxylic acid groups (broad SMARTS) is 1. The standard InChI is InChI=1S/C29H39F2NO3S/c1-9-24(29(7,30)31)13-10-20(4)18-36-28(27(32-8)19(2)3)22(6)17-35-25-14-11-23(21(5)16-25)12-15-26(33)34/h9-11,13-14,16,19,22H,4,8,12,15,17-18H2,1-3,5-7H3,(H,33,34)/b13-10-,24-9+,28-27-. The van der Waals surface area contributed by atoms with E-state index in [2.05, 4.69) is 25.2 Å². The first-order valence-corrected chi connectivity index (χ1v) is 13.0. The molecule has 4 nitrogen and oxygen atoms in total. The van der Waals surface area contributed by atoms with Gasteiger partial charge in [-0.2, -0.15) is 0 Å². The lowest BCUT2D eigenvalue weighted by atomic mass is 10.0. The number of aliphatic carboxylic acids is 1. The summed E-state index contributed by atoms with van der Waals surface area (Å²) < 4.78 is 33.3. The number of thioether (sulfide) groups is 1. The van der Waals surface area contributed by atoms with Gasteiger partial charge in [0.05, 0.1) is 12.3 Å². The lowest BCUT2D eigenvalue weighted by molar-refractivity contribution is -0.136. The first kappa shape index (κ1) is 31.4. The molecule has 0 aliphatic heterocycles. The molecule has 0 spiro atoms. The molecule has 36 heavy (non-hydrogen) atoms. The zero-order chi connectivity index (χ0) is 27.5. The summed E-state index contributed by atoms with van der Waals surface area (Å²) in [6.07, 6.45) is 5.02. The first-order valence-electron chi connectivity index (χ1n) is 12.0. The molecule has 1 atom stereocenters. The van der Waals surface area contributed by atoms with Crippen LogP contribution in [0.1, 0.15) is 52.2 Å². The van der Waals surface area contributed by atoms with Crippen molar-refractivity contribution in [2.24, 2.45) is 16.8 Å². The summed E-state index contributed by atoms with van der Waals surface area (Å²) in [5.41, 5.74) is 3.52. The molecule has 0 heterocycles. The molecule has 0 radical (unpaired) electrons. The van der Waals surface area contributed by atoms with Gasteiger partial charge < -0.3 is 9.84 Å². The fourth-order valence-corrected chi connectivity index (χ4v) is 4.75. The van der Waals surface area contributed by atoms with Crippen molar-refractivity contribution in [1.29, 1.82) is 0 Å². The van der Waals surface area contributed by atoms with Crippen molar-refractivity contribution in [1.82, 2.24) is 0 Å². The number of nitrogens with zero attached hydrogens (tertiary/aromatic N) is 1. The normalized spacial score (nSPS) is 14.1. The van der Waals surface area contributed by atoms with Gasteiger partial charge in [-0.05, 0) is 61.7 Å². The van der Waals surface area contributed by atoms with Gasteiger partial charge >= 0.3 is 5.97 Å². The van der Waals surface area contributed by atoms with Crippen molar-refractivity contribution in [3.8, 4) is 5.75 Å². The summed E-state index contributed by atoms with van der Waals surface area (Å²) >= 11 is 1.57. The molecule has 0 fully saturated rings. The van der Waals surface area contributed by atoms with Crippen LogP contribution in [-0.2, 0) is 11.2 Å². The molecule has 0 aliphatic carbocycles. The second-order valence-corrected chi connectivity index (χ2v) is 10.2. The third-order valence-electron chi connectivity index (χ3n) is 5.57. The first-order chi connectivity index (χ1) is 16.8. The fraction of sp³-hybridized carbons (Fsp3) is 0.448. The number of aryl methyl sites for hydroxylation is 2. The van der Waals surface area contributed by atoms with Crippen LogP contribution in [-0.4, -0.2) is 36.1 Å². The van der Waals surface area contributed by atoms with E-state index in [1.54, 1.807) is 24.8 Å². The largest absolute Gasteiger partial charge is 0.493 e. The molecule has 0 amide bonds. The predicted octanol–water partition coefficient (Wildman–Crippen LogP) is 8.04. The summed E-state index contributed by atoms with van der Waals surface area (Å²) in [5.74, 6) is -2.33. The van der Waals surface area contributed by atoms with Gasteiger partial charge in [-0.15, -0.1) is 11.8 Å². The van der Waals surface area contributed by atoms with Crippen molar-refractivity contribution in [3.63, 3.8) is 0 Å². The average molecular weight is 520 g/mol. The van der Waals surface area contributed by atoms with E-state index >= 15 is 0 Å². The lowest BCUT2D eigenvalue weighted by Crippen LogP contribution is -2.13. The summed E-state index contributed by atoms with van der Waals surface area (Å²) in [6.45, 7) is 18.7. The topological polar surface area (TPSA) is 58.9 Å². The highest BCUT2D eigenvalue weighted by atomic mass is 32.2. The third-order valence-corrected chi connectivity index (χ3v) is 7.01. The number of ether oxygens (including phenoxy) is 1. The monoisotopic (exact) mass is 519 g/mol. The summed E-state index contributed by atoms with van der Waals surface area (Å²) in [7, 11) is 0. The minimum Gasteiger partial charge on any atom is -0.493 e. The van der Waals surface area contributed by atoms with Crippen molar-refractivity contribution < 1.29 is 23.4 Å². The zero-order valence-electron chi connectivity index (χ0n) is 22.2. The minimum atomic E-state index is -2.90. The van der Waals surface area contributed by atoms with Gasteiger partial charge in [-0.25, -0.2) is 8.78 Å². The molecular formula is C29H39F2NO3S. The highest BCUT2D eigenvalue weighted by Gasteiger charge is 2.24. The van der Waals surface area contributed by atoms with E-state index < -0.39 is 11.9 Å². The molecule has 0 saturated carbocycles. The molecule has 0 aliphatic rings. The Kier molecular flexibility index (Phi) is 12.9. The van der Waals surface area contributed by atoms with E-state index in [1.165, 1.54) is 12.2 Å². The summed E-state index contributed by atoms with van der Waals surface area (Å²) in [6, 6.07) is 5.69. The number of carbonyl (C=O) groups is 1. The van der Waals surface area contributed by atoms with E-state index in [9.17, 15) is 13.6 Å². The van der Waals surface area contributed by atoms with Crippen molar-refractivity contribution in [2.75, 3.05) is 12.4 Å². The van der Waals surface area contributed by atoms with Crippen LogP contribution in [0.25, 0.3) is 0 Å². The van der Waals surface area contributed by atoms with Gasteiger partial charge in [0, 0.05) is 35.5 Å². The van der Waals surface area contributed by atoms with Gasteiger partial charge in [0.15, 0.2) is 0 Å². The van der Waals surface area contributed by atoms with E-state index in [-0.39, 0.29) is 23.8 Å². The Bertz CT molecular complexity index is 1020. The Labute approximate surface area is 218 Å². The molecule has 1 aromatic carbocycles. The number of allylic oxidation sites excluding steroid dienone is 5. The number of benzene rings is 1. The number of hydrogen-bond donors (Lipinski definition) is 1. The van der Waals surface area contributed by atoms with Crippen LogP contribution < -0.4 is 4.74 Å². The Morgan fingerprint density at radius 3 is 2.44 bits per heavy atom. The van der Waals surface area contributed by atoms with Crippen molar-refractivity contribution in [3.05, 3.63) is 75.9 Å². The number of hydrogen-bond acceptors (Lipinski definition) is 4. The van der Waals surface area contributed by atoms with Crippen LogP contribution in [0.15, 0.2) is 69.7 Å². The van der Waals surface area contributed by atoms with Crippen LogP contribution in [0.3, 0.4) is 0 Å². The maximum absolute atomic E-state index is 13.6. The van der Waals surface area contributed by atoms with E-state index in [0.717, 1.165) is 28.7 Å². The molecule has 1 rings (SSSR count). The van der Waals surface area contributed by atoms with E-state index in [1.807, 2.05) is 39.0 Å². The molecule has 0 saturated heterocycles. The minimum absolute atomic E-state index is 0.00717. The van der Waals surface area contributed by atoms with Crippen LogP contribution in [0, 0.1) is 18.8 Å². The average Bonchev–Trinajstić information content (AvgIpc) is 2.78. The molecule has 1 N–H and O–H groups in total. The SMILES string of the molecule is C=N/C(=C(\SCC(=C)/C=C\C(=C/C)C(C)(F)F)C(C)COc1ccc(CCC(=O)O)c(C)c1)C(C)C.